The van der Waals surface area contributed by atoms with Crippen molar-refractivity contribution in [2.75, 3.05) is 5.32 Å². The van der Waals surface area contributed by atoms with Crippen LogP contribution >= 0.6 is 0 Å². The summed E-state index contributed by atoms with van der Waals surface area (Å²) in [6.45, 7) is 1.87. The molecule has 1 amide bonds. The smallest absolute Gasteiger partial charge is 0.293 e. The highest BCUT2D eigenvalue weighted by Gasteiger charge is 2.15. The van der Waals surface area contributed by atoms with E-state index in [4.69, 9.17) is 0 Å². The summed E-state index contributed by atoms with van der Waals surface area (Å²) in [5.74, 6) is -0.232. The van der Waals surface area contributed by atoms with Crippen LogP contribution in [-0.2, 0) is 18.3 Å². The van der Waals surface area contributed by atoms with Gasteiger partial charge in [-0.15, -0.1) is 0 Å². The molecule has 0 unspecified atom stereocenters. The average molecular weight is 299 g/mol. The molecule has 1 aromatic heterocycles. The molecule has 5 nitrogen and oxygen atoms in total. The Morgan fingerprint density at radius 1 is 1.32 bits per heavy atom. The second kappa shape index (κ2) is 7.54. The first-order chi connectivity index (χ1) is 10.6. The highest BCUT2D eigenvalue weighted by molar-refractivity contribution is 5.91. The molecular formula is C17H21N3O2. The minimum absolute atomic E-state index is 0.0879. The number of anilines is 1. The number of rotatable bonds is 6. The van der Waals surface area contributed by atoms with Gasteiger partial charge in [0.05, 0.1) is 0 Å². The van der Waals surface area contributed by atoms with Crippen LogP contribution in [0.2, 0.25) is 0 Å². The standard InChI is InChI=1S/C17H21N3O2/c1-13(7-6-10-14-8-4-3-5-9-14)16(21)19-15-17(22)20(2)12-11-18-15/h3-5,8-9,11-13H,6-7,10H2,1-2H3,(H,18,19,21)/t13-/m0/s1. The third kappa shape index (κ3) is 4.28. The number of carbonyl (C=O) groups is 1. The minimum atomic E-state index is -0.299. The summed E-state index contributed by atoms with van der Waals surface area (Å²) < 4.78 is 1.39. The Hall–Kier alpha value is -2.43. The van der Waals surface area contributed by atoms with E-state index < -0.39 is 0 Å². The van der Waals surface area contributed by atoms with E-state index in [-0.39, 0.29) is 23.2 Å². The third-order valence-electron chi connectivity index (χ3n) is 3.65. The van der Waals surface area contributed by atoms with Gasteiger partial charge in [0, 0.05) is 25.4 Å². The van der Waals surface area contributed by atoms with E-state index in [1.54, 1.807) is 13.2 Å². The Morgan fingerprint density at radius 2 is 2.05 bits per heavy atom. The molecule has 1 heterocycles. The Kier molecular flexibility index (Phi) is 5.47. The Bertz CT molecular complexity index is 680. The highest BCUT2D eigenvalue weighted by Crippen LogP contribution is 2.12. The van der Waals surface area contributed by atoms with E-state index in [0.717, 1.165) is 19.3 Å². The number of amides is 1. The zero-order valence-electron chi connectivity index (χ0n) is 13.0. The van der Waals surface area contributed by atoms with E-state index in [1.807, 2.05) is 25.1 Å². The minimum Gasteiger partial charge on any atom is -0.314 e. The highest BCUT2D eigenvalue weighted by atomic mass is 16.2. The normalized spacial score (nSPS) is 11.9. The van der Waals surface area contributed by atoms with Crippen molar-refractivity contribution in [3.8, 4) is 0 Å². The van der Waals surface area contributed by atoms with Gasteiger partial charge in [0.1, 0.15) is 0 Å². The van der Waals surface area contributed by atoms with Gasteiger partial charge < -0.3 is 9.88 Å². The van der Waals surface area contributed by atoms with E-state index in [9.17, 15) is 9.59 Å². The van der Waals surface area contributed by atoms with Crippen LogP contribution in [0, 0.1) is 5.92 Å². The van der Waals surface area contributed by atoms with Crippen LogP contribution in [0.3, 0.4) is 0 Å². The Morgan fingerprint density at radius 3 is 2.77 bits per heavy atom. The molecule has 0 aliphatic carbocycles. The van der Waals surface area contributed by atoms with Gasteiger partial charge in [-0.25, -0.2) is 4.98 Å². The zero-order valence-corrected chi connectivity index (χ0v) is 13.0. The molecule has 22 heavy (non-hydrogen) atoms. The lowest BCUT2D eigenvalue weighted by Crippen LogP contribution is -2.28. The van der Waals surface area contributed by atoms with Crippen molar-refractivity contribution in [1.29, 1.82) is 0 Å². The van der Waals surface area contributed by atoms with Gasteiger partial charge in [0.15, 0.2) is 5.82 Å². The van der Waals surface area contributed by atoms with Gasteiger partial charge in [0.25, 0.3) is 5.56 Å². The molecule has 2 rings (SSSR count). The number of aryl methyl sites for hydroxylation is 2. The monoisotopic (exact) mass is 299 g/mol. The maximum atomic E-state index is 12.1. The lowest BCUT2D eigenvalue weighted by molar-refractivity contribution is -0.119. The van der Waals surface area contributed by atoms with Gasteiger partial charge in [-0.2, -0.15) is 0 Å². The summed E-state index contributed by atoms with van der Waals surface area (Å²) in [5.41, 5.74) is 0.973. The van der Waals surface area contributed by atoms with Gasteiger partial charge >= 0.3 is 0 Å². The number of carbonyl (C=O) groups excluding carboxylic acids is 1. The molecule has 116 valence electrons. The number of nitrogens with one attached hydrogen (secondary N) is 1. The molecular weight excluding hydrogens is 278 g/mol. The quantitative estimate of drug-likeness (QED) is 0.890. The first kappa shape index (κ1) is 15.9. The lowest BCUT2D eigenvalue weighted by atomic mass is 10.0. The molecule has 0 fully saturated rings. The molecule has 1 N–H and O–H groups in total. The Balaban J connectivity index is 1.84. The fourth-order valence-electron chi connectivity index (χ4n) is 2.21. The molecule has 5 heteroatoms. The summed E-state index contributed by atoms with van der Waals surface area (Å²) in [6.07, 6.45) is 5.70. The van der Waals surface area contributed by atoms with Crippen LogP contribution in [0.25, 0.3) is 0 Å². The van der Waals surface area contributed by atoms with Crippen molar-refractivity contribution < 1.29 is 4.79 Å². The molecule has 0 aliphatic rings. The predicted molar refractivity (Wildman–Crippen MR) is 86.7 cm³/mol. The molecule has 0 bridgehead atoms. The van der Waals surface area contributed by atoms with E-state index in [0.29, 0.717) is 0 Å². The predicted octanol–water partition coefficient (Wildman–Crippen LogP) is 2.38. The van der Waals surface area contributed by atoms with Crippen molar-refractivity contribution in [3.63, 3.8) is 0 Å². The topological polar surface area (TPSA) is 64.0 Å². The van der Waals surface area contributed by atoms with Gasteiger partial charge in [0.2, 0.25) is 5.91 Å². The van der Waals surface area contributed by atoms with Crippen molar-refractivity contribution in [1.82, 2.24) is 9.55 Å². The number of benzene rings is 1. The van der Waals surface area contributed by atoms with Gasteiger partial charge in [-0.1, -0.05) is 37.3 Å². The van der Waals surface area contributed by atoms with Crippen molar-refractivity contribution in [2.24, 2.45) is 13.0 Å². The molecule has 0 saturated heterocycles. The lowest BCUT2D eigenvalue weighted by Gasteiger charge is -2.11. The van der Waals surface area contributed by atoms with Crippen molar-refractivity contribution in [3.05, 3.63) is 58.6 Å². The number of nitrogens with zero attached hydrogens (tertiary/aromatic N) is 2. The van der Waals surface area contributed by atoms with Crippen LogP contribution in [0.4, 0.5) is 5.82 Å². The summed E-state index contributed by atoms with van der Waals surface area (Å²) in [4.78, 5) is 27.9. The SMILES string of the molecule is C[C@@H](CCCc1ccccc1)C(=O)Nc1nccn(C)c1=O. The molecule has 2 aromatic rings. The first-order valence-corrected chi connectivity index (χ1v) is 7.44. The second-order valence-corrected chi connectivity index (χ2v) is 5.46. The maximum Gasteiger partial charge on any atom is 0.293 e. The van der Waals surface area contributed by atoms with Crippen LogP contribution in [-0.4, -0.2) is 15.5 Å². The van der Waals surface area contributed by atoms with E-state index in [1.165, 1.54) is 16.3 Å². The summed E-state index contributed by atoms with van der Waals surface area (Å²) in [7, 11) is 1.63. The summed E-state index contributed by atoms with van der Waals surface area (Å²) in [6, 6.07) is 10.2. The first-order valence-electron chi connectivity index (χ1n) is 7.44. The molecule has 0 aliphatic heterocycles. The van der Waals surface area contributed by atoms with Crippen LogP contribution in [0.15, 0.2) is 47.5 Å². The fraction of sp³-hybridized carbons (Fsp3) is 0.353. The third-order valence-corrected chi connectivity index (χ3v) is 3.65. The largest absolute Gasteiger partial charge is 0.314 e. The van der Waals surface area contributed by atoms with Crippen LogP contribution < -0.4 is 10.9 Å². The van der Waals surface area contributed by atoms with Crippen LogP contribution in [0.1, 0.15) is 25.3 Å². The average Bonchev–Trinajstić information content (AvgIpc) is 2.52. The van der Waals surface area contributed by atoms with E-state index in [2.05, 4.69) is 22.4 Å². The molecule has 1 aromatic carbocycles. The van der Waals surface area contributed by atoms with Crippen molar-refractivity contribution >= 4 is 11.7 Å². The number of hydrogen-bond acceptors (Lipinski definition) is 3. The number of hydrogen-bond donors (Lipinski definition) is 1. The van der Waals surface area contributed by atoms with Gasteiger partial charge in [-0.05, 0) is 24.8 Å². The molecule has 0 spiro atoms. The fourth-order valence-corrected chi connectivity index (χ4v) is 2.21. The molecule has 0 saturated carbocycles. The molecule has 1 atom stereocenters. The summed E-state index contributed by atoms with van der Waals surface area (Å²) >= 11 is 0. The van der Waals surface area contributed by atoms with Crippen molar-refractivity contribution in [2.45, 2.75) is 26.2 Å². The maximum absolute atomic E-state index is 12.1. The van der Waals surface area contributed by atoms with E-state index >= 15 is 0 Å². The summed E-state index contributed by atoms with van der Waals surface area (Å²) in [5, 5.41) is 2.62. The van der Waals surface area contributed by atoms with Crippen LogP contribution in [0.5, 0.6) is 0 Å². The second-order valence-electron chi connectivity index (χ2n) is 5.46. The Labute approximate surface area is 130 Å². The number of aromatic nitrogens is 2. The molecule has 0 radical (unpaired) electrons. The van der Waals surface area contributed by atoms with Gasteiger partial charge in [-0.3, -0.25) is 9.59 Å². The zero-order chi connectivity index (χ0) is 15.9.